The molecule has 0 heterocycles. The van der Waals surface area contributed by atoms with Crippen LogP contribution >= 0.6 is 0 Å². The first-order valence-corrected chi connectivity index (χ1v) is 5.70. The van der Waals surface area contributed by atoms with E-state index in [1.165, 1.54) is 6.07 Å². The molecule has 0 radical (unpaired) electrons. The summed E-state index contributed by atoms with van der Waals surface area (Å²) in [6.07, 6.45) is -0.986. The van der Waals surface area contributed by atoms with Crippen LogP contribution in [0.2, 0.25) is 0 Å². The third kappa shape index (κ3) is 2.51. The lowest BCUT2D eigenvalue weighted by Gasteiger charge is -2.14. The zero-order valence-electron chi connectivity index (χ0n) is 10.4. The van der Waals surface area contributed by atoms with Gasteiger partial charge in [0.15, 0.2) is 0 Å². The monoisotopic (exact) mass is 246 g/mol. The molecular weight excluding hydrogens is 231 g/mol. The highest BCUT2D eigenvalue weighted by molar-refractivity contribution is 5.37. The van der Waals surface area contributed by atoms with Crippen molar-refractivity contribution in [1.82, 2.24) is 0 Å². The van der Waals surface area contributed by atoms with Crippen molar-refractivity contribution in [1.29, 1.82) is 0 Å². The first-order valence-electron chi connectivity index (χ1n) is 5.70. The lowest BCUT2D eigenvalue weighted by Crippen LogP contribution is -2.03. The lowest BCUT2D eigenvalue weighted by molar-refractivity contribution is 0.214. The Kier molecular flexibility index (Phi) is 3.63. The van der Waals surface area contributed by atoms with Crippen LogP contribution < -0.4 is 4.74 Å². The van der Waals surface area contributed by atoms with Crippen LogP contribution in [0, 0.1) is 12.7 Å². The number of hydrogen-bond acceptors (Lipinski definition) is 2. The van der Waals surface area contributed by atoms with E-state index in [0.29, 0.717) is 11.3 Å². The van der Waals surface area contributed by atoms with E-state index < -0.39 is 11.9 Å². The number of halogens is 1. The molecule has 0 saturated carbocycles. The molecule has 0 saturated heterocycles. The Morgan fingerprint density at radius 1 is 1.17 bits per heavy atom. The van der Waals surface area contributed by atoms with Crippen molar-refractivity contribution in [3.8, 4) is 5.75 Å². The molecule has 3 heteroatoms. The second kappa shape index (κ2) is 5.19. The molecule has 94 valence electrons. The normalized spacial score (nSPS) is 12.2. The first-order chi connectivity index (χ1) is 8.61. The fourth-order valence-electron chi connectivity index (χ4n) is 1.86. The number of aliphatic hydroxyl groups excluding tert-OH is 1. The molecule has 0 spiro atoms. The van der Waals surface area contributed by atoms with E-state index in [9.17, 15) is 9.50 Å². The minimum absolute atomic E-state index is 0.281. The van der Waals surface area contributed by atoms with Gasteiger partial charge in [0.2, 0.25) is 0 Å². The Morgan fingerprint density at radius 2 is 1.94 bits per heavy atom. The van der Waals surface area contributed by atoms with Crippen LogP contribution in [0.5, 0.6) is 5.75 Å². The van der Waals surface area contributed by atoms with E-state index in [1.807, 2.05) is 6.92 Å². The molecule has 0 fully saturated rings. The van der Waals surface area contributed by atoms with Crippen LogP contribution in [0.1, 0.15) is 22.8 Å². The van der Waals surface area contributed by atoms with Crippen LogP contribution in [0.4, 0.5) is 4.39 Å². The predicted molar refractivity (Wildman–Crippen MR) is 68.2 cm³/mol. The summed E-state index contributed by atoms with van der Waals surface area (Å²) in [7, 11) is 1.55. The minimum atomic E-state index is -0.986. The van der Waals surface area contributed by atoms with Crippen LogP contribution in [-0.2, 0) is 0 Å². The highest BCUT2D eigenvalue weighted by Crippen LogP contribution is 2.27. The van der Waals surface area contributed by atoms with Crippen molar-refractivity contribution >= 4 is 0 Å². The van der Waals surface area contributed by atoms with E-state index in [0.717, 1.165) is 5.56 Å². The second-order valence-corrected chi connectivity index (χ2v) is 4.20. The summed E-state index contributed by atoms with van der Waals surface area (Å²) in [5, 5.41) is 10.2. The van der Waals surface area contributed by atoms with Crippen molar-refractivity contribution in [2.45, 2.75) is 13.0 Å². The van der Waals surface area contributed by atoms with Crippen LogP contribution in [-0.4, -0.2) is 12.2 Å². The maximum Gasteiger partial charge on any atom is 0.129 e. The van der Waals surface area contributed by atoms with E-state index in [1.54, 1.807) is 43.5 Å². The molecule has 2 rings (SSSR count). The summed E-state index contributed by atoms with van der Waals surface area (Å²) in [5.74, 6) is 0.232. The summed E-state index contributed by atoms with van der Waals surface area (Å²) >= 11 is 0. The van der Waals surface area contributed by atoms with Crippen molar-refractivity contribution < 1.29 is 14.2 Å². The first kappa shape index (κ1) is 12.6. The number of ether oxygens (including phenoxy) is 1. The van der Waals surface area contributed by atoms with Crippen molar-refractivity contribution in [2.24, 2.45) is 0 Å². The third-order valence-electron chi connectivity index (χ3n) is 2.86. The maximum absolute atomic E-state index is 13.7. The molecular formula is C15H15FO2. The molecule has 0 aliphatic heterocycles. The molecule has 2 nitrogen and oxygen atoms in total. The fourth-order valence-corrected chi connectivity index (χ4v) is 1.86. The molecule has 0 aliphatic rings. The zero-order valence-corrected chi connectivity index (χ0v) is 10.4. The lowest BCUT2D eigenvalue weighted by atomic mass is 9.99. The summed E-state index contributed by atoms with van der Waals surface area (Å²) in [6.45, 7) is 1.86. The Morgan fingerprint density at radius 3 is 2.67 bits per heavy atom. The molecule has 0 aliphatic carbocycles. The van der Waals surface area contributed by atoms with Gasteiger partial charge in [-0.25, -0.2) is 4.39 Å². The highest BCUT2D eigenvalue weighted by atomic mass is 19.1. The van der Waals surface area contributed by atoms with Crippen molar-refractivity contribution in [3.05, 3.63) is 65.0 Å². The van der Waals surface area contributed by atoms with Gasteiger partial charge in [-0.05, 0) is 30.7 Å². The van der Waals surface area contributed by atoms with E-state index >= 15 is 0 Å². The van der Waals surface area contributed by atoms with Crippen LogP contribution in [0.3, 0.4) is 0 Å². The summed E-state index contributed by atoms with van der Waals surface area (Å²) in [5.41, 5.74) is 1.80. The van der Waals surface area contributed by atoms with E-state index in [-0.39, 0.29) is 5.56 Å². The Hall–Kier alpha value is -1.87. The number of aliphatic hydroxyl groups is 1. The Bertz CT molecular complexity index is 552. The van der Waals surface area contributed by atoms with E-state index in [2.05, 4.69) is 0 Å². The van der Waals surface area contributed by atoms with E-state index in [4.69, 9.17) is 4.74 Å². The Labute approximate surface area is 106 Å². The maximum atomic E-state index is 13.7. The van der Waals surface area contributed by atoms with Crippen LogP contribution in [0.15, 0.2) is 42.5 Å². The number of hydrogen-bond donors (Lipinski definition) is 1. The molecule has 2 aromatic rings. The van der Waals surface area contributed by atoms with Gasteiger partial charge in [0, 0.05) is 5.56 Å². The summed E-state index contributed by atoms with van der Waals surface area (Å²) in [4.78, 5) is 0. The largest absolute Gasteiger partial charge is 0.497 e. The van der Waals surface area contributed by atoms with Crippen LogP contribution in [0.25, 0.3) is 0 Å². The van der Waals surface area contributed by atoms with Gasteiger partial charge in [0.1, 0.15) is 17.7 Å². The van der Waals surface area contributed by atoms with Crippen molar-refractivity contribution in [3.63, 3.8) is 0 Å². The van der Waals surface area contributed by atoms with Gasteiger partial charge in [0.25, 0.3) is 0 Å². The minimum Gasteiger partial charge on any atom is -0.497 e. The summed E-state index contributed by atoms with van der Waals surface area (Å²) in [6, 6.07) is 11.7. The topological polar surface area (TPSA) is 29.5 Å². The third-order valence-corrected chi connectivity index (χ3v) is 2.86. The van der Waals surface area contributed by atoms with Gasteiger partial charge in [-0.2, -0.15) is 0 Å². The van der Waals surface area contributed by atoms with Gasteiger partial charge >= 0.3 is 0 Å². The standard InChI is InChI=1S/C15H15FO2/c1-10-6-7-14(16)13(8-10)15(17)11-4-3-5-12(9-11)18-2/h3-9,15,17H,1-2H3. The average molecular weight is 246 g/mol. The predicted octanol–water partition coefficient (Wildman–Crippen LogP) is 3.22. The number of methoxy groups -OCH3 is 1. The molecule has 18 heavy (non-hydrogen) atoms. The molecule has 0 amide bonds. The van der Waals surface area contributed by atoms with Gasteiger partial charge in [-0.3, -0.25) is 0 Å². The SMILES string of the molecule is COc1cccc(C(O)c2cc(C)ccc2F)c1. The summed E-state index contributed by atoms with van der Waals surface area (Å²) < 4.78 is 18.8. The van der Waals surface area contributed by atoms with Crippen molar-refractivity contribution in [2.75, 3.05) is 7.11 Å². The molecule has 0 bridgehead atoms. The second-order valence-electron chi connectivity index (χ2n) is 4.20. The zero-order chi connectivity index (χ0) is 13.1. The van der Waals surface area contributed by atoms with Gasteiger partial charge < -0.3 is 9.84 Å². The quantitative estimate of drug-likeness (QED) is 0.901. The number of benzene rings is 2. The van der Waals surface area contributed by atoms with Gasteiger partial charge in [0.05, 0.1) is 7.11 Å². The average Bonchev–Trinajstić information content (AvgIpc) is 2.41. The molecule has 1 atom stereocenters. The van der Waals surface area contributed by atoms with Gasteiger partial charge in [-0.15, -0.1) is 0 Å². The van der Waals surface area contributed by atoms with Gasteiger partial charge in [-0.1, -0.05) is 29.8 Å². The number of aryl methyl sites for hydroxylation is 1. The molecule has 1 N–H and O–H groups in total. The molecule has 0 aromatic heterocycles. The highest BCUT2D eigenvalue weighted by Gasteiger charge is 2.15. The fraction of sp³-hybridized carbons (Fsp3) is 0.200. The smallest absolute Gasteiger partial charge is 0.129 e. The number of rotatable bonds is 3. The molecule has 1 unspecified atom stereocenters. The Balaban J connectivity index is 2.40. The molecule has 2 aromatic carbocycles.